The number of hydrogen-bond acceptors (Lipinski definition) is 2. The van der Waals surface area contributed by atoms with Crippen LogP contribution in [0.5, 0.6) is 0 Å². The van der Waals surface area contributed by atoms with Crippen molar-refractivity contribution in [1.29, 1.82) is 0 Å². The minimum Gasteiger partial charge on any atom is -0.411 e. The predicted octanol–water partition coefficient (Wildman–Crippen LogP) is 1.57. The molecule has 0 spiro atoms. The Morgan fingerprint density at radius 2 is 2.38 bits per heavy atom. The van der Waals surface area contributed by atoms with Gasteiger partial charge in [-0.15, -0.1) is 10.9 Å². The van der Waals surface area contributed by atoms with Gasteiger partial charge in [-0.3, -0.25) is 0 Å². The van der Waals surface area contributed by atoms with Crippen molar-refractivity contribution >= 4 is 6.21 Å². The number of allylic oxidation sites excluding steroid dienone is 1. The Morgan fingerprint density at radius 3 is 2.88 bits per heavy atom. The maximum absolute atomic E-state index is 7.89. The van der Waals surface area contributed by atoms with Crippen LogP contribution in [0.15, 0.2) is 23.5 Å². The Bertz CT molecular complexity index is 112. The molecule has 2 nitrogen and oxygen atoms in total. The average molecular weight is 111 g/mol. The summed E-state index contributed by atoms with van der Waals surface area (Å²) in [5.74, 6) is 0. The van der Waals surface area contributed by atoms with Gasteiger partial charge in [0, 0.05) is 6.21 Å². The molecule has 44 valence electrons. The van der Waals surface area contributed by atoms with Crippen LogP contribution in [-0.4, -0.2) is 11.4 Å². The molecule has 0 bridgehead atoms. The van der Waals surface area contributed by atoms with E-state index < -0.39 is 0 Å². The smallest absolute Gasteiger partial charge is 0.0439 e. The van der Waals surface area contributed by atoms with Gasteiger partial charge >= 0.3 is 0 Å². The Hall–Kier alpha value is -1.01. The van der Waals surface area contributed by atoms with Crippen LogP contribution in [0.4, 0.5) is 0 Å². The highest BCUT2D eigenvalue weighted by Gasteiger charge is 1.72. The fraction of sp³-hybridized carbons (Fsp3) is 0.333. The van der Waals surface area contributed by atoms with Crippen molar-refractivity contribution in [1.82, 2.24) is 0 Å². The lowest BCUT2D eigenvalue weighted by atomic mass is 10.3. The van der Waals surface area contributed by atoms with Crippen LogP contribution in [0.2, 0.25) is 0 Å². The zero-order valence-electron chi connectivity index (χ0n) is 4.67. The highest BCUT2D eigenvalue weighted by atomic mass is 16.4. The molecule has 0 aliphatic carbocycles. The van der Waals surface area contributed by atoms with Crippen molar-refractivity contribution in [3.05, 3.63) is 18.4 Å². The lowest BCUT2D eigenvalue weighted by Gasteiger charge is -1.77. The van der Waals surface area contributed by atoms with Gasteiger partial charge in [-0.25, -0.2) is 0 Å². The second-order valence-corrected chi connectivity index (χ2v) is 1.28. The first kappa shape index (κ1) is 6.99. The molecule has 0 aliphatic rings. The van der Waals surface area contributed by atoms with E-state index in [2.05, 4.69) is 17.5 Å². The van der Waals surface area contributed by atoms with Crippen molar-refractivity contribution in [3.8, 4) is 0 Å². The Kier molecular flexibility index (Phi) is 5.23. The highest BCUT2D eigenvalue weighted by Crippen LogP contribution is 1.83. The molecule has 0 radical (unpaired) electrons. The molecule has 0 rings (SSSR count). The highest BCUT2D eigenvalue weighted by molar-refractivity contribution is 5.56. The van der Waals surface area contributed by atoms with Crippen molar-refractivity contribution in [2.24, 2.45) is 5.16 Å². The molecule has 0 fully saturated rings. The largest absolute Gasteiger partial charge is 0.411 e. The molecule has 0 heterocycles. The maximum Gasteiger partial charge on any atom is 0.0439 e. The Balaban J connectivity index is 3.05. The van der Waals surface area contributed by atoms with Gasteiger partial charge in [-0.1, -0.05) is 6.58 Å². The fourth-order valence-corrected chi connectivity index (χ4v) is 0.318. The average Bonchev–Trinajstić information content (AvgIpc) is 1.81. The summed E-state index contributed by atoms with van der Waals surface area (Å²) in [7, 11) is 0. The molecule has 0 aliphatic heterocycles. The molecule has 0 aromatic rings. The number of rotatable bonds is 3. The van der Waals surface area contributed by atoms with Gasteiger partial charge in [0.2, 0.25) is 0 Å². The third kappa shape index (κ3) is 4.99. The monoisotopic (exact) mass is 111 g/mol. The minimum atomic E-state index is 0.749. The summed E-state index contributed by atoms with van der Waals surface area (Å²) in [4.78, 5) is 0. The van der Waals surface area contributed by atoms with Crippen molar-refractivity contribution in [3.63, 3.8) is 0 Å². The first-order valence-corrected chi connectivity index (χ1v) is 2.42. The van der Waals surface area contributed by atoms with E-state index in [0.29, 0.717) is 0 Å². The van der Waals surface area contributed by atoms with Crippen LogP contribution in [-0.2, 0) is 0 Å². The molecule has 0 saturated carbocycles. The van der Waals surface area contributed by atoms with Gasteiger partial charge in [0.15, 0.2) is 0 Å². The first-order chi connectivity index (χ1) is 3.91. The summed E-state index contributed by atoms with van der Waals surface area (Å²) in [5, 5.41) is 10.7. The zero-order valence-corrected chi connectivity index (χ0v) is 4.67. The molecular weight excluding hydrogens is 102 g/mol. The topological polar surface area (TPSA) is 32.6 Å². The predicted molar refractivity (Wildman–Crippen MR) is 33.2 cm³/mol. The summed E-state index contributed by atoms with van der Waals surface area (Å²) in [5.41, 5.74) is 2.61. The first-order valence-electron chi connectivity index (χ1n) is 2.42. The fourth-order valence-electron chi connectivity index (χ4n) is 0.318. The minimum absolute atomic E-state index is 0.749. The van der Waals surface area contributed by atoms with Crippen LogP contribution in [0.1, 0.15) is 12.8 Å². The lowest BCUT2D eigenvalue weighted by molar-refractivity contribution is 0.320. The standard InChI is InChI=1S/C6H9NO/c1-2-3-4-5-6-7-8/h3,6,8H,1,4-5H2. The van der Waals surface area contributed by atoms with Crippen LogP contribution in [0.3, 0.4) is 0 Å². The lowest BCUT2D eigenvalue weighted by Crippen LogP contribution is -1.70. The van der Waals surface area contributed by atoms with Gasteiger partial charge in [0.1, 0.15) is 0 Å². The third-order valence-electron chi connectivity index (χ3n) is 0.666. The van der Waals surface area contributed by atoms with Gasteiger partial charge in [-0.05, 0) is 18.9 Å². The number of nitrogens with zero attached hydrogens (tertiary/aromatic N) is 1. The summed E-state index contributed by atoms with van der Waals surface area (Å²) >= 11 is 0. The summed E-state index contributed by atoms with van der Waals surface area (Å²) < 4.78 is 0. The summed E-state index contributed by atoms with van der Waals surface area (Å²) in [6.07, 6.45) is 4.82. The second-order valence-electron chi connectivity index (χ2n) is 1.28. The van der Waals surface area contributed by atoms with E-state index >= 15 is 0 Å². The van der Waals surface area contributed by atoms with E-state index in [1.54, 1.807) is 6.08 Å². The van der Waals surface area contributed by atoms with Crippen LogP contribution < -0.4 is 0 Å². The van der Waals surface area contributed by atoms with E-state index in [0.717, 1.165) is 12.8 Å². The molecule has 2 heteroatoms. The van der Waals surface area contributed by atoms with Crippen molar-refractivity contribution in [2.45, 2.75) is 12.8 Å². The quantitative estimate of drug-likeness (QED) is 0.194. The molecule has 0 aromatic carbocycles. The maximum atomic E-state index is 7.89. The summed E-state index contributed by atoms with van der Waals surface area (Å²) in [6.45, 7) is 3.37. The third-order valence-corrected chi connectivity index (χ3v) is 0.666. The van der Waals surface area contributed by atoms with Gasteiger partial charge < -0.3 is 5.21 Å². The Labute approximate surface area is 48.8 Å². The van der Waals surface area contributed by atoms with Crippen molar-refractivity contribution < 1.29 is 5.21 Å². The van der Waals surface area contributed by atoms with Gasteiger partial charge in [-0.2, -0.15) is 0 Å². The van der Waals surface area contributed by atoms with Gasteiger partial charge in [0.05, 0.1) is 0 Å². The van der Waals surface area contributed by atoms with Crippen LogP contribution in [0.25, 0.3) is 0 Å². The number of oxime groups is 1. The summed E-state index contributed by atoms with van der Waals surface area (Å²) in [6, 6.07) is 0. The molecule has 8 heavy (non-hydrogen) atoms. The number of hydrogen-bond donors (Lipinski definition) is 1. The molecule has 1 N–H and O–H groups in total. The SMILES string of the molecule is C=C=CCCC=NO. The van der Waals surface area contributed by atoms with Crippen LogP contribution >= 0.6 is 0 Å². The van der Waals surface area contributed by atoms with E-state index in [-0.39, 0.29) is 0 Å². The Morgan fingerprint density at radius 1 is 1.62 bits per heavy atom. The second kappa shape index (κ2) is 5.99. The van der Waals surface area contributed by atoms with E-state index in [9.17, 15) is 0 Å². The molecule has 0 saturated heterocycles. The molecule has 0 amide bonds. The molecule has 0 atom stereocenters. The van der Waals surface area contributed by atoms with Crippen LogP contribution in [0, 0.1) is 0 Å². The van der Waals surface area contributed by atoms with Gasteiger partial charge in [0.25, 0.3) is 0 Å². The van der Waals surface area contributed by atoms with E-state index in [1.807, 2.05) is 0 Å². The van der Waals surface area contributed by atoms with E-state index in [4.69, 9.17) is 5.21 Å². The zero-order chi connectivity index (χ0) is 6.24. The van der Waals surface area contributed by atoms with Crippen molar-refractivity contribution in [2.75, 3.05) is 0 Å². The normalized spacial score (nSPS) is 9.00. The molecule has 0 unspecified atom stereocenters. The molecule has 0 aromatic heterocycles. The van der Waals surface area contributed by atoms with E-state index in [1.165, 1.54) is 6.21 Å². The molecular formula is C6H9NO. The number of unbranched alkanes of at least 4 members (excludes halogenated alkanes) is 1.